The fraction of sp³-hybridized carbons (Fsp3) is 0. The number of rotatable bonds is 4. The van der Waals surface area contributed by atoms with Crippen LogP contribution >= 0.6 is 12.2 Å². The zero-order valence-corrected chi connectivity index (χ0v) is 12.9. The Bertz CT molecular complexity index is 910. The van der Waals surface area contributed by atoms with Crippen molar-refractivity contribution < 1.29 is 4.39 Å². The van der Waals surface area contributed by atoms with E-state index in [0.717, 1.165) is 5.56 Å². The molecule has 1 heterocycles. The molecule has 0 fully saturated rings. The van der Waals surface area contributed by atoms with Crippen LogP contribution in [-0.2, 0) is 0 Å². The number of nitrogens with one attached hydrogen (secondary N) is 1. The third-order valence-electron chi connectivity index (χ3n) is 3.12. The van der Waals surface area contributed by atoms with Crippen molar-refractivity contribution in [2.75, 3.05) is 0 Å². The summed E-state index contributed by atoms with van der Waals surface area (Å²) in [4.78, 5) is 0. The summed E-state index contributed by atoms with van der Waals surface area (Å²) in [6.45, 7) is 0. The Balaban J connectivity index is 1.88. The van der Waals surface area contributed by atoms with Crippen LogP contribution in [0.1, 0.15) is 5.56 Å². The summed E-state index contributed by atoms with van der Waals surface area (Å²) < 4.78 is 15.6. The van der Waals surface area contributed by atoms with E-state index in [0.29, 0.717) is 16.2 Å². The van der Waals surface area contributed by atoms with Crippen molar-refractivity contribution in [2.24, 2.45) is 5.10 Å². The van der Waals surface area contributed by atoms with Crippen LogP contribution in [0.5, 0.6) is 0 Å². The third-order valence-corrected chi connectivity index (χ3v) is 3.39. The molecule has 0 amide bonds. The monoisotopic (exact) mass is 324 g/mol. The zero-order valence-electron chi connectivity index (χ0n) is 12.1. The van der Waals surface area contributed by atoms with Crippen LogP contribution < -0.4 is 0 Å². The van der Waals surface area contributed by atoms with E-state index in [1.807, 2.05) is 36.4 Å². The Morgan fingerprint density at radius 1 is 1.09 bits per heavy atom. The van der Waals surface area contributed by atoms with Gasteiger partial charge in [-0.1, -0.05) is 48.5 Å². The van der Waals surface area contributed by atoms with Crippen molar-refractivity contribution in [1.29, 1.82) is 0 Å². The van der Waals surface area contributed by atoms with E-state index in [4.69, 9.17) is 12.2 Å². The van der Waals surface area contributed by atoms with E-state index in [9.17, 15) is 4.39 Å². The molecule has 2 aromatic carbocycles. The van der Waals surface area contributed by atoms with Gasteiger partial charge in [0.25, 0.3) is 0 Å². The average Bonchev–Trinajstić information content (AvgIpc) is 2.94. The summed E-state index contributed by atoms with van der Waals surface area (Å²) in [5.74, 6) is -0.0461. The number of aromatic nitrogens is 3. The maximum absolute atomic E-state index is 13.9. The van der Waals surface area contributed by atoms with Crippen molar-refractivity contribution in [2.45, 2.75) is 0 Å². The second-order valence-corrected chi connectivity index (χ2v) is 5.07. The number of benzene rings is 2. The summed E-state index contributed by atoms with van der Waals surface area (Å²) in [6, 6.07) is 16.2. The lowest BCUT2D eigenvalue weighted by atomic mass is 10.2. The highest BCUT2D eigenvalue weighted by Crippen LogP contribution is 2.20. The Morgan fingerprint density at radius 2 is 1.83 bits per heavy atom. The Hall–Kier alpha value is -2.86. The number of aromatic amines is 1. The molecule has 23 heavy (non-hydrogen) atoms. The number of allylic oxidation sites excluding steroid dienone is 1. The molecule has 0 aliphatic carbocycles. The van der Waals surface area contributed by atoms with Gasteiger partial charge in [-0.25, -0.2) is 9.49 Å². The Morgan fingerprint density at radius 3 is 2.61 bits per heavy atom. The van der Waals surface area contributed by atoms with Crippen LogP contribution in [0.4, 0.5) is 4.39 Å². The van der Waals surface area contributed by atoms with Crippen LogP contribution in [0.15, 0.2) is 65.8 Å². The zero-order chi connectivity index (χ0) is 16.1. The molecule has 0 aliphatic rings. The number of halogens is 1. The molecule has 0 atom stereocenters. The second-order valence-electron chi connectivity index (χ2n) is 4.68. The molecule has 0 spiro atoms. The van der Waals surface area contributed by atoms with Crippen LogP contribution in [0, 0.1) is 10.6 Å². The van der Waals surface area contributed by atoms with E-state index in [-0.39, 0.29) is 5.82 Å². The van der Waals surface area contributed by atoms with Gasteiger partial charge in [0.2, 0.25) is 4.77 Å². The average molecular weight is 324 g/mol. The predicted molar refractivity (Wildman–Crippen MR) is 92.2 cm³/mol. The molecule has 0 saturated heterocycles. The van der Waals surface area contributed by atoms with Gasteiger partial charge >= 0.3 is 0 Å². The first-order valence-corrected chi connectivity index (χ1v) is 7.35. The first kappa shape index (κ1) is 15.1. The lowest BCUT2D eigenvalue weighted by Gasteiger charge is -2.01. The minimum absolute atomic E-state index is 0.299. The number of hydrogen-bond donors (Lipinski definition) is 1. The number of nitrogens with zero attached hydrogens (tertiary/aromatic N) is 3. The van der Waals surface area contributed by atoms with Crippen LogP contribution in [0.25, 0.3) is 17.5 Å². The molecule has 1 aromatic heterocycles. The van der Waals surface area contributed by atoms with Crippen LogP contribution in [-0.4, -0.2) is 21.1 Å². The highest BCUT2D eigenvalue weighted by Gasteiger charge is 2.11. The molecule has 0 aliphatic heterocycles. The summed E-state index contributed by atoms with van der Waals surface area (Å²) >= 11 is 5.14. The quantitative estimate of drug-likeness (QED) is 0.575. The predicted octanol–water partition coefficient (Wildman–Crippen LogP) is 4.29. The molecule has 4 nitrogen and oxygen atoms in total. The van der Waals surface area contributed by atoms with Gasteiger partial charge in [-0.3, -0.25) is 0 Å². The molecule has 3 rings (SSSR count). The van der Waals surface area contributed by atoms with E-state index in [1.165, 1.54) is 10.7 Å². The van der Waals surface area contributed by atoms with Gasteiger partial charge in [-0.05, 0) is 36.0 Å². The smallest absolute Gasteiger partial charge is 0.216 e. The van der Waals surface area contributed by atoms with Crippen molar-refractivity contribution in [1.82, 2.24) is 14.9 Å². The standard InChI is InChI=1S/C17H13FN4S/c18-15-11-5-4-10-14(15)16-20-21-17(23)22(16)19-12-6-9-13-7-2-1-3-8-13/h1-12H,(H,21,23)/b9-6+,19-12-. The van der Waals surface area contributed by atoms with E-state index in [1.54, 1.807) is 30.5 Å². The highest BCUT2D eigenvalue weighted by molar-refractivity contribution is 7.71. The summed E-state index contributed by atoms with van der Waals surface area (Å²) in [5, 5.41) is 10.9. The molecule has 0 radical (unpaired) electrons. The third kappa shape index (κ3) is 3.49. The summed E-state index contributed by atoms with van der Waals surface area (Å²) in [6.07, 6.45) is 5.29. The van der Waals surface area contributed by atoms with E-state index in [2.05, 4.69) is 15.3 Å². The maximum Gasteiger partial charge on any atom is 0.216 e. The minimum Gasteiger partial charge on any atom is -0.250 e. The molecule has 1 N–H and O–H groups in total. The van der Waals surface area contributed by atoms with Gasteiger partial charge in [0.05, 0.1) is 5.56 Å². The Kier molecular flexibility index (Phi) is 4.54. The van der Waals surface area contributed by atoms with E-state index < -0.39 is 0 Å². The van der Waals surface area contributed by atoms with Crippen molar-refractivity contribution in [3.63, 3.8) is 0 Å². The van der Waals surface area contributed by atoms with Gasteiger partial charge in [0.1, 0.15) is 5.82 Å². The molecular weight excluding hydrogens is 311 g/mol. The molecule has 6 heteroatoms. The molecular formula is C17H13FN4S. The van der Waals surface area contributed by atoms with Gasteiger partial charge in [-0.2, -0.15) is 14.9 Å². The Labute approximate surface area is 137 Å². The van der Waals surface area contributed by atoms with Gasteiger partial charge in [0, 0.05) is 6.21 Å². The lowest BCUT2D eigenvalue weighted by molar-refractivity contribution is 0.628. The second kappa shape index (κ2) is 6.93. The molecule has 114 valence electrons. The van der Waals surface area contributed by atoms with Crippen molar-refractivity contribution in [3.8, 4) is 11.4 Å². The van der Waals surface area contributed by atoms with Gasteiger partial charge in [-0.15, -0.1) is 0 Å². The minimum atomic E-state index is -0.377. The summed E-state index contributed by atoms with van der Waals surface area (Å²) in [5.41, 5.74) is 1.40. The molecule has 3 aromatic rings. The number of hydrogen-bond acceptors (Lipinski definition) is 3. The first-order valence-electron chi connectivity index (χ1n) is 6.94. The largest absolute Gasteiger partial charge is 0.250 e. The van der Waals surface area contributed by atoms with Crippen LogP contribution in [0.3, 0.4) is 0 Å². The summed E-state index contributed by atoms with van der Waals surface area (Å²) in [7, 11) is 0. The van der Waals surface area contributed by atoms with Crippen LogP contribution in [0.2, 0.25) is 0 Å². The molecule has 0 unspecified atom stereocenters. The van der Waals surface area contributed by atoms with E-state index >= 15 is 0 Å². The van der Waals surface area contributed by atoms with Crippen molar-refractivity contribution in [3.05, 3.63) is 76.8 Å². The van der Waals surface area contributed by atoms with Crippen molar-refractivity contribution >= 4 is 24.5 Å². The SMILES string of the molecule is Fc1ccccc1-c1n[nH]c(=S)n1/N=C\C=C\c1ccccc1. The lowest BCUT2D eigenvalue weighted by Crippen LogP contribution is -1.95. The fourth-order valence-corrected chi connectivity index (χ4v) is 2.22. The first-order chi connectivity index (χ1) is 11.3. The van der Waals surface area contributed by atoms with Gasteiger partial charge in [0.15, 0.2) is 5.82 Å². The molecule has 0 saturated carbocycles. The highest BCUT2D eigenvalue weighted by atomic mass is 32.1. The molecule has 0 bridgehead atoms. The topological polar surface area (TPSA) is 46.0 Å². The maximum atomic E-state index is 13.9. The number of H-pyrrole nitrogens is 1. The normalized spacial score (nSPS) is 11.5. The van der Waals surface area contributed by atoms with Gasteiger partial charge < -0.3 is 0 Å². The fourth-order valence-electron chi connectivity index (χ4n) is 2.04.